The van der Waals surface area contributed by atoms with E-state index in [9.17, 15) is 9.59 Å². The van der Waals surface area contributed by atoms with Gasteiger partial charge in [-0.25, -0.2) is 5.43 Å². The fraction of sp³-hybridized carbons (Fsp3) is 0.158. The molecule has 1 aromatic carbocycles. The SMILES string of the molecule is COc1cc(C=NNC(=O)c2cc(-c3ccco3)[nH]n2)cc(OC)c1OC(C)=O. The first-order chi connectivity index (χ1) is 14.0. The van der Waals surface area contributed by atoms with Crippen LogP contribution in [0.1, 0.15) is 23.0 Å². The minimum atomic E-state index is -0.511. The average molecular weight is 398 g/mol. The lowest BCUT2D eigenvalue weighted by Crippen LogP contribution is -2.18. The van der Waals surface area contributed by atoms with Gasteiger partial charge in [-0.15, -0.1) is 0 Å². The maximum atomic E-state index is 12.2. The quantitative estimate of drug-likeness (QED) is 0.271. The minimum absolute atomic E-state index is 0.147. The Balaban J connectivity index is 1.72. The van der Waals surface area contributed by atoms with Crippen LogP contribution in [-0.4, -0.2) is 42.5 Å². The van der Waals surface area contributed by atoms with E-state index in [4.69, 9.17) is 18.6 Å². The van der Waals surface area contributed by atoms with Crippen LogP contribution in [0.3, 0.4) is 0 Å². The fourth-order valence-corrected chi connectivity index (χ4v) is 2.44. The summed E-state index contributed by atoms with van der Waals surface area (Å²) in [5.74, 6) is 0.261. The summed E-state index contributed by atoms with van der Waals surface area (Å²) in [5, 5.41) is 10.6. The van der Waals surface area contributed by atoms with Crippen LogP contribution in [0, 0.1) is 0 Å². The molecule has 29 heavy (non-hydrogen) atoms. The molecule has 0 spiro atoms. The summed E-state index contributed by atoms with van der Waals surface area (Å²) in [7, 11) is 2.86. The predicted octanol–water partition coefficient (Wildman–Crippen LogP) is 2.38. The van der Waals surface area contributed by atoms with Crippen molar-refractivity contribution >= 4 is 18.1 Å². The van der Waals surface area contributed by atoms with E-state index in [1.807, 2.05) is 0 Å². The molecule has 0 saturated carbocycles. The third-order valence-electron chi connectivity index (χ3n) is 3.71. The molecule has 0 bridgehead atoms. The van der Waals surface area contributed by atoms with E-state index in [1.165, 1.54) is 33.6 Å². The van der Waals surface area contributed by atoms with Gasteiger partial charge in [0, 0.05) is 18.6 Å². The van der Waals surface area contributed by atoms with Crippen molar-refractivity contribution in [3.8, 4) is 28.7 Å². The van der Waals surface area contributed by atoms with Gasteiger partial charge >= 0.3 is 5.97 Å². The van der Waals surface area contributed by atoms with Crippen LogP contribution in [0.25, 0.3) is 11.5 Å². The van der Waals surface area contributed by atoms with E-state index < -0.39 is 11.9 Å². The molecule has 10 nitrogen and oxygen atoms in total. The molecular formula is C19H18N4O6. The number of methoxy groups -OCH3 is 2. The zero-order valence-electron chi connectivity index (χ0n) is 15.9. The van der Waals surface area contributed by atoms with Gasteiger partial charge in [-0.3, -0.25) is 14.7 Å². The van der Waals surface area contributed by atoms with Gasteiger partial charge in [0.05, 0.1) is 26.7 Å². The molecule has 2 heterocycles. The fourth-order valence-electron chi connectivity index (χ4n) is 2.44. The molecule has 0 radical (unpaired) electrons. The number of hydrogen-bond acceptors (Lipinski definition) is 8. The normalized spacial score (nSPS) is 10.7. The third kappa shape index (κ3) is 4.61. The molecule has 1 amide bonds. The number of hydrazone groups is 1. The number of furan rings is 1. The van der Waals surface area contributed by atoms with Gasteiger partial charge in [0.2, 0.25) is 5.75 Å². The molecule has 0 aliphatic rings. The number of carbonyl (C=O) groups excluding carboxylic acids is 2. The van der Waals surface area contributed by atoms with Crippen molar-refractivity contribution in [1.82, 2.24) is 15.6 Å². The van der Waals surface area contributed by atoms with Crippen molar-refractivity contribution in [2.24, 2.45) is 5.10 Å². The Morgan fingerprint density at radius 1 is 1.21 bits per heavy atom. The van der Waals surface area contributed by atoms with Gasteiger partial charge in [-0.2, -0.15) is 10.2 Å². The van der Waals surface area contributed by atoms with E-state index in [0.717, 1.165) is 0 Å². The number of hydrogen-bond donors (Lipinski definition) is 2. The molecule has 0 fully saturated rings. The van der Waals surface area contributed by atoms with E-state index in [-0.39, 0.29) is 22.9 Å². The molecule has 3 rings (SSSR count). The summed E-state index contributed by atoms with van der Waals surface area (Å²) in [6.45, 7) is 1.27. The van der Waals surface area contributed by atoms with Crippen LogP contribution >= 0.6 is 0 Å². The van der Waals surface area contributed by atoms with Crippen molar-refractivity contribution in [1.29, 1.82) is 0 Å². The van der Waals surface area contributed by atoms with Crippen LogP contribution in [0.5, 0.6) is 17.2 Å². The molecule has 10 heteroatoms. The molecular weight excluding hydrogens is 380 g/mol. The van der Waals surface area contributed by atoms with Crippen molar-refractivity contribution < 1.29 is 28.2 Å². The molecule has 150 valence electrons. The topological polar surface area (TPSA) is 128 Å². The summed E-state index contributed by atoms with van der Waals surface area (Å²) in [6.07, 6.45) is 2.91. The van der Waals surface area contributed by atoms with Gasteiger partial charge in [-0.05, 0) is 24.3 Å². The number of nitrogens with zero attached hydrogens (tertiary/aromatic N) is 2. The maximum absolute atomic E-state index is 12.2. The first-order valence-corrected chi connectivity index (χ1v) is 8.39. The van der Waals surface area contributed by atoms with Crippen LogP contribution in [0.2, 0.25) is 0 Å². The lowest BCUT2D eigenvalue weighted by Gasteiger charge is -2.13. The monoisotopic (exact) mass is 398 g/mol. The summed E-state index contributed by atoms with van der Waals surface area (Å²) in [6, 6.07) is 8.19. The number of nitrogens with one attached hydrogen (secondary N) is 2. The van der Waals surface area contributed by atoms with Crippen molar-refractivity contribution in [3.63, 3.8) is 0 Å². The number of amides is 1. The molecule has 0 unspecified atom stereocenters. The van der Waals surface area contributed by atoms with Crippen molar-refractivity contribution in [2.45, 2.75) is 6.92 Å². The number of esters is 1. The molecule has 0 atom stereocenters. The molecule has 2 aromatic heterocycles. The Labute approximate surface area is 165 Å². The highest BCUT2D eigenvalue weighted by Crippen LogP contribution is 2.38. The van der Waals surface area contributed by atoms with E-state index >= 15 is 0 Å². The highest BCUT2D eigenvalue weighted by Gasteiger charge is 2.16. The Morgan fingerprint density at radius 2 is 1.93 bits per heavy atom. The Morgan fingerprint density at radius 3 is 2.52 bits per heavy atom. The number of benzene rings is 1. The Bertz CT molecular complexity index is 1010. The number of ether oxygens (including phenoxy) is 3. The average Bonchev–Trinajstić information content (AvgIpc) is 3.39. The highest BCUT2D eigenvalue weighted by molar-refractivity contribution is 5.94. The smallest absolute Gasteiger partial charge is 0.308 e. The van der Waals surface area contributed by atoms with Gasteiger partial charge in [0.1, 0.15) is 5.69 Å². The zero-order chi connectivity index (χ0) is 20.8. The molecule has 0 aliphatic heterocycles. The minimum Gasteiger partial charge on any atom is -0.493 e. The van der Waals surface area contributed by atoms with Crippen LogP contribution < -0.4 is 19.6 Å². The number of aromatic nitrogens is 2. The van der Waals surface area contributed by atoms with Crippen molar-refractivity contribution in [2.75, 3.05) is 14.2 Å². The zero-order valence-corrected chi connectivity index (χ0v) is 15.9. The Hall–Kier alpha value is -4.08. The summed E-state index contributed by atoms with van der Waals surface area (Å²) in [4.78, 5) is 23.5. The maximum Gasteiger partial charge on any atom is 0.308 e. The molecule has 3 aromatic rings. The molecule has 0 saturated heterocycles. The lowest BCUT2D eigenvalue weighted by atomic mass is 10.2. The molecule has 2 N–H and O–H groups in total. The van der Waals surface area contributed by atoms with Gasteiger partial charge in [-0.1, -0.05) is 0 Å². The first kappa shape index (κ1) is 19.7. The van der Waals surface area contributed by atoms with E-state index in [0.29, 0.717) is 17.0 Å². The van der Waals surface area contributed by atoms with E-state index in [1.54, 1.807) is 30.3 Å². The van der Waals surface area contributed by atoms with Crippen LogP contribution in [0.4, 0.5) is 0 Å². The summed E-state index contributed by atoms with van der Waals surface area (Å²) < 4.78 is 20.8. The number of H-pyrrole nitrogens is 1. The summed E-state index contributed by atoms with van der Waals surface area (Å²) >= 11 is 0. The van der Waals surface area contributed by atoms with Gasteiger partial charge in [0.25, 0.3) is 5.91 Å². The third-order valence-corrected chi connectivity index (χ3v) is 3.71. The second kappa shape index (κ2) is 8.74. The van der Waals surface area contributed by atoms with Crippen LogP contribution in [-0.2, 0) is 4.79 Å². The van der Waals surface area contributed by atoms with E-state index in [2.05, 4.69) is 20.7 Å². The first-order valence-electron chi connectivity index (χ1n) is 8.39. The second-order valence-corrected chi connectivity index (χ2v) is 5.69. The van der Waals surface area contributed by atoms with Crippen LogP contribution in [0.15, 0.2) is 46.1 Å². The molecule has 0 aliphatic carbocycles. The highest BCUT2D eigenvalue weighted by atomic mass is 16.6. The predicted molar refractivity (Wildman–Crippen MR) is 102 cm³/mol. The number of rotatable bonds is 7. The largest absolute Gasteiger partial charge is 0.493 e. The van der Waals surface area contributed by atoms with Crippen molar-refractivity contribution in [3.05, 3.63) is 47.9 Å². The van der Waals surface area contributed by atoms with Gasteiger partial charge < -0.3 is 18.6 Å². The Kier molecular flexibility index (Phi) is 5.93. The number of carbonyl (C=O) groups is 2. The standard InChI is InChI=1S/C19H18N4O6/c1-11(24)29-18-16(26-2)7-12(8-17(18)27-3)10-20-23-19(25)14-9-13(21-22-14)15-5-4-6-28-15/h4-10H,1-3H3,(H,21,22)(H,23,25). The van der Waals surface area contributed by atoms with Gasteiger partial charge in [0.15, 0.2) is 23.0 Å². The second-order valence-electron chi connectivity index (χ2n) is 5.69. The number of aromatic amines is 1. The lowest BCUT2D eigenvalue weighted by molar-refractivity contribution is -0.132. The summed E-state index contributed by atoms with van der Waals surface area (Å²) in [5.41, 5.74) is 3.64.